The van der Waals surface area contributed by atoms with Crippen molar-refractivity contribution in [2.45, 2.75) is 30.8 Å². The Kier molecular flexibility index (Phi) is 6.68. The zero-order valence-corrected chi connectivity index (χ0v) is 18.3. The number of halogens is 1. The fourth-order valence-electron chi connectivity index (χ4n) is 3.62. The van der Waals surface area contributed by atoms with Crippen LogP contribution in [0.25, 0.3) is 10.2 Å². The Bertz CT molecular complexity index is 1060. The molecule has 11 heteroatoms. The van der Waals surface area contributed by atoms with Crippen molar-refractivity contribution in [2.24, 2.45) is 0 Å². The molecular weight excluding hydrogens is 458 g/mol. The number of ether oxygens (including phenoxy) is 1. The number of fused-ring (bicyclic) bond motifs is 1. The highest BCUT2D eigenvalue weighted by Crippen LogP contribution is 2.31. The van der Waals surface area contributed by atoms with E-state index < -0.39 is 36.4 Å². The number of aliphatic hydroxyl groups excluding tert-OH is 3. The van der Waals surface area contributed by atoms with Crippen molar-refractivity contribution in [3.05, 3.63) is 52.4 Å². The van der Waals surface area contributed by atoms with Crippen molar-refractivity contribution in [2.75, 3.05) is 13.1 Å². The highest BCUT2D eigenvalue weighted by Gasteiger charge is 2.38. The van der Waals surface area contributed by atoms with Crippen molar-refractivity contribution in [3.63, 3.8) is 0 Å². The van der Waals surface area contributed by atoms with Crippen LogP contribution < -0.4 is 10.1 Å². The Morgan fingerprint density at radius 1 is 1.22 bits per heavy atom. The number of benzene rings is 1. The lowest BCUT2D eigenvalue weighted by molar-refractivity contribution is -0.141. The number of hydrogen-bond donors (Lipinski definition) is 5. The second kappa shape index (κ2) is 9.47. The molecule has 4 atom stereocenters. The average molecular weight is 480 g/mol. The summed E-state index contributed by atoms with van der Waals surface area (Å²) >= 11 is 7.25. The first kappa shape index (κ1) is 22.6. The fourth-order valence-corrected chi connectivity index (χ4v) is 4.74. The van der Waals surface area contributed by atoms with Crippen molar-refractivity contribution >= 4 is 45.2 Å². The second-order valence-corrected chi connectivity index (χ2v) is 9.30. The summed E-state index contributed by atoms with van der Waals surface area (Å²) in [5, 5.41) is 33.5. The van der Waals surface area contributed by atoms with Crippen LogP contribution in [0.5, 0.6) is 5.88 Å². The Morgan fingerprint density at radius 2 is 1.91 bits per heavy atom. The van der Waals surface area contributed by atoms with Gasteiger partial charge in [0, 0.05) is 24.5 Å². The summed E-state index contributed by atoms with van der Waals surface area (Å²) in [5.41, 5.74) is 0.793. The number of amides is 2. The molecule has 1 aromatic carbocycles. The van der Waals surface area contributed by atoms with Crippen LogP contribution in [0, 0.1) is 0 Å². The van der Waals surface area contributed by atoms with Crippen LogP contribution in [0.4, 0.5) is 4.79 Å². The Hall–Kier alpha value is -2.63. The molecule has 9 nitrogen and oxygen atoms in total. The summed E-state index contributed by atoms with van der Waals surface area (Å²) in [6, 6.07) is 11.4. The third-order valence-electron chi connectivity index (χ3n) is 5.26. The van der Waals surface area contributed by atoms with Crippen LogP contribution in [0.15, 0.2) is 42.5 Å². The SMILES string of the molecule is O=C(N[C@@H](Cc1ccccc1)[C@@H](O)C(=O)N1C[C@@H](O)[C@@H](O)C1)Oc1cc2cc(Cl)sc2[nH]1. The van der Waals surface area contributed by atoms with Crippen LogP contribution in [-0.4, -0.2) is 74.6 Å². The minimum absolute atomic E-state index is 0.0959. The van der Waals surface area contributed by atoms with E-state index >= 15 is 0 Å². The maximum Gasteiger partial charge on any atom is 0.414 e. The Morgan fingerprint density at radius 3 is 2.56 bits per heavy atom. The van der Waals surface area contributed by atoms with E-state index in [1.54, 1.807) is 12.1 Å². The van der Waals surface area contributed by atoms with E-state index in [4.69, 9.17) is 16.3 Å². The number of aliphatic hydroxyl groups is 3. The van der Waals surface area contributed by atoms with Gasteiger partial charge in [-0.25, -0.2) is 4.79 Å². The van der Waals surface area contributed by atoms with E-state index in [1.165, 1.54) is 16.2 Å². The van der Waals surface area contributed by atoms with Gasteiger partial charge in [0.25, 0.3) is 5.91 Å². The summed E-state index contributed by atoms with van der Waals surface area (Å²) < 4.78 is 5.90. The van der Waals surface area contributed by atoms with Gasteiger partial charge in [0.05, 0.1) is 22.6 Å². The van der Waals surface area contributed by atoms with Gasteiger partial charge >= 0.3 is 6.09 Å². The van der Waals surface area contributed by atoms with Crippen LogP contribution in [0.2, 0.25) is 4.34 Å². The molecule has 1 aliphatic rings. The number of aromatic amines is 1. The van der Waals surface area contributed by atoms with E-state index in [-0.39, 0.29) is 25.4 Å². The van der Waals surface area contributed by atoms with E-state index in [2.05, 4.69) is 10.3 Å². The molecule has 1 fully saturated rings. The predicted octanol–water partition coefficient (Wildman–Crippen LogP) is 1.51. The number of rotatable bonds is 6. The predicted molar refractivity (Wildman–Crippen MR) is 119 cm³/mol. The molecule has 32 heavy (non-hydrogen) atoms. The number of H-pyrrole nitrogens is 1. The topological polar surface area (TPSA) is 135 Å². The molecule has 170 valence electrons. The van der Waals surface area contributed by atoms with Crippen LogP contribution in [-0.2, 0) is 11.2 Å². The summed E-state index contributed by atoms with van der Waals surface area (Å²) in [6.07, 6.45) is -4.44. The average Bonchev–Trinajstić information content (AvgIpc) is 3.39. The smallest absolute Gasteiger partial charge is 0.393 e. The number of aromatic nitrogens is 1. The van der Waals surface area contributed by atoms with Crippen molar-refractivity contribution in [1.82, 2.24) is 15.2 Å². The molecule has 2 amide bonds. The highest BCUT2D eigenvalue weighted by atomic mass is 35.5. The largest absolute Gasteiger partial charge is 0.414 e. The van der Waals surface area contributed by atoms with Crippen LogP contribution in [0.1, 0.15) is 5.56 Å². The molecule has 0 unspecified atom stereocenters. The molecule has 1 aliphatic heterocycles. The first-order valence-electron chi connectivity index (χ1n) is 9.93. The Labute approximate surface area is 192 Å². The van der Waals surface area contributed by atoms with Gasteiger partial charge in [-0.2, -0.15) is 0 Å². The molecule has 0 radical (unpaired) electrons. The standard InChI is InChI=1S/C21H22ClN3O6S/c22-16-7-12-8-17(24-19(12)32-16)31-21(30)23-13(6-11-4-2-1-3-5-11)18(28)20(29)25-9-14(26)15(27)10-25/h1-5,7-8,13-15,18,24,26-28H,6,9-10H2,(H,23,30)/t13-,14-,15+,18+/m0/s1. The number of nitrogens with zero attached hydrogens (tertiary/aromatic N) is 1. The third-order valence-corrected chi connectivity index (χ3v) is 6.46. The van der Waals surface area contributed by atoms with Crippen molar-refractivity contribution in [3.8, 4) is 5.88 Å². The van der Waals surface area contributed by atoms with Gasteiger partial charge in [0.15, 0.2) is 6.10 Å². The van der Waals surface area contributed by atoms with Crippen molar-refractivity contribution in [1.29, 1.82) is 0 Å². The number of thiophene rings is 1. The van der Waals surface area contributed by atoms with Gasteiger partial charge in [-0.15, -0.1) is 11.3 Å². The minimum atomic E-state index is -1.61. The fraction of sp³-hybridized carbons (Fsp3) is 0.333. The van der Waals surface area contributed by atoms with Gasteiger partial charge < -0.3 is 35.3 Å². The zero-order valence-electron chi connectivity index (χ0n) is 16.8. The molecule has 3 aromatic rings. The lowest BCUT2D eigenvalue weighted by Crippen LogP contribution is -2.53. The van der Waals surface area contributed by atoms with Crippen LogP contribution >= 0.6 is 22.9 Å². The van der Waals surface area contributed by atoms with E-state index in [0.717, 1.165) is 15.8 Å². The van der Waals surface area contributed by atoms with Gasteiger partial charge in [0.1, 0.15) is 4.83 Å². The monoisotopic (exact) mass is 479 g/mol. The van der Waals surface area contributed by atoms with E-state index in [1.807, 2.05) is 30.3 Å². The molecular formula is C21H22ClN3O6S. The molecule has 4 rings (SSSR count). The molecule has 0 bridgehead atoms. The number of carbonyl (C=O) groups is 2. The number of likely N-dealkylation sites (tertiary alicyclic amines) is 1. The van der Waals surface area contributed by atoms with Gasteiger partial charge in [-0.1, -0.05) is 41.9 Å². The highest BCUT2D eigenvalue weighted by molar-refractivity contribution is 7.22. The maximum atomic E-state index is 12.8. The summed E-state index contributed by atoms with van der Waals surface area (Å²) in [6.45, 7) is -0.192. The number of hydrogen-bond acceptors (Lipinski definition) is 7. The minimum Gasteiger partial charge on any atom is -0.393 e. The quantitative estimate of drug-likeness (QED) is 0.363. The number of carbonyl (C=O) groups excluding carboxylic acids is 2. The lowest BCUT2D eigenvalue weighted by atomic mass is 10.0. The van der Waals surface area contributed by atoms with Gasteiger partial charge in [-0.05, 0) is 18.1 Å². The summed E-state index contributed by atoms with van der Waals surface area (Å²) in [5.74, 6) is -0.498. The summed E-state index contributed by atoms with van der Waals surface area (Å²) in [4.78, 5) is 30.2. The zero-order chi connectivity index (χ0) is 22.8. The van der Waals surface area contributed by atoms with Crippen molar-refractivity contribution < 1.29 is 29.6 Å². The normalized spacial score (nSPS) is 20.3. The van der Waals surface area contributed by atoms with Gasteiger partial charge in [-0.3, -0.25) is 4.79 Å². The molecule has 1 saturated heterocycles. The number of nitrogens with one attached hydrogen (secondary N) is 2. The maximum absolute atomic E-state index is 12.8. The first-order valence-corrected chi connectivity index (χ1v) is 11.1. The van der Waals surface area contributed by atoms with E-state index in [9.17, 15) is 24.9 Å². The molecule has 0 aliphatic carbocycles. The molecule has 0 spiro atoms. The molecule has 5 N–H and O–H groups in total. The summed E-state index contributed by atoms with van der Waals surface area (Å²) in [7, 11) is 0. The second-order valence-electron chi connectivity index (χ2n) is 7.62. The Balaban J connectivity index is 1.47. The lowest BCUT2D eigenvalue weighted by Gasteiger charge is -2.26. The number of β-amino-alcohol motifs (C(OH)–C–C–N with tert-alkyl or cyclic N) is 2. The van der Waals surface area contributed by atoms with E-state index in [0.29, 0.717) is 4.34 Å². The van der Waals surface area contributed by atoms with Gasteiger partial charge in [0.2, 0.25) is 5.88 Å². The van der Waals surface area contributed by atoms with Crippen LogP contribution in [0.3, 0.4) is 0 Å². The molecule has 0 saturated carbocycles. The molecule has 2 aromatic heterocycles. The molecule has 3 heterocycles. The third kappa shape index (κ3) is 5.05. The first-order chi connectivity index (χ1) is 15.3.